The highest BCUT2D eigenvalue weighted by molar-refractivity contribution is 5.90. The van der Waals surface area contributed by atoms with Crippen LogP contribution in [0.25, 0.3) is 10.9 Å². The standard InChI is InChI=1S/C20H26N2O2/c1-3-20(19(23)24-2)14-8-11-22(12-9-14)13-10-16-15-6-4-5-7-17(15)21-18(16)20/h4-7,14,21H,3,8-13H2,1-2H3. The molecule has 1 unspecified atom stereocenters. The highest BCUT2D eigenvalue weighted by Crippen LogP contribution is 2.46. The first-order chi connectivity index (χ1) is 11.7. The van der Waals surface area contributed by atoms with Gasteiger partial charge in [0, 0.05) is 23.1 Å². The smallest absolute Gasteiger partial charge is 0.318 e. The normalized spacial score (nSPS) is 29.6. The van der Waals surface area contributed by atoms with Crippen LogP contribution in [0.5, 0.6) is 0 Å². The maximum atomic E-state index is 13.1. The summed E-state index contributed by atoms with van der Waals surface area (Å²) >= 11 is 0. The Morgan fingerprint density at radius 1 is 1.29 bits per heavy atom. The number of benzene rings is 1. The lowest BCUT2D eigenvalue weighted by Gasteiger charge is -2.41. The van der Waals surface area contributed by atoms with Gasteiger partial charge in [0.2, 0.25) is 0 Å². The number of hydrogen-bond acceptors (Lipinski definition) is 3. The Morgan fingerprint density at radius 2 is 2.04 bits per heavy atom. The van der Waals surface area contributed by atoms with Crippen molar-refractivity contribution in [2.75, 3.05) is 26.7 Å². The molecule has 0 aliphatic carbocycles. The van der Waals surface area contributed by atoms with Gasteiger partial charge in [0.1, 0.15) is 5.41 Å². The van der Waals surface area contributed by atoms with E-state index in [0.29, 0.717) is 5.92 Å². The van der Waals surface area contributed by atoms with E-state index >= 15 is 0 Å². The molecule has 0 spiro atoms. The minimum absolute atomic E-state index is 0.0712. The number of fused-ring (bicyclic) bond motifs is 4. The fourth-order valence-corrected chi connectivity index (χ4v) is 5.02. The van der Waals surface area contributed by atoms with Gasteiger partial charge in [0.25, 0.3) is 0 Å². The average molecular weight is 326 g/mol. The lowest BCUT2D eigenvalue weighted by molar-refractivity contribution is -0.151. The first-order valence-corrected chi connectivity index (χ1v) is 9.11. The van der Waals surface area contributed by atoms with E-state index in [1.807, 2.05) is 0 Å². The van der Waals surface area contributed by atoms with Crippen LogP contribution < -0.4 is 0 Å². The average Bonchev–Trinajstić information content (AvgIpc) is 3.03. The van der Waals surface area contributed by atoms with E-state index in [1.165, 1.54) is 18.1 Å². The number of carbonyl (C=O) groups is 1. The van der Waals surface area contributed by atoms with Gasteiger partial charge in [0.15, 0.2) is 0 Å². The molecular formula is C20H26N2O2. The molecule has 5 rings (SSSR count). The van der Waals surface area contributed by atoms with E-state index in [9.17, 15) is 4.79 Å². The second kappa shape index (κ2) is 5.92. The van der Waals surface area contributed by atoms with Crippen molar-refractivity contribution >= 4 is 16.9 Å². The Balaban J connectivity index is 2.00. The molecule has 1 atom stereocenters. The molecule has 1 N–H and O–H groups in total. The van der Waals surface area contributed by atoms with Crippen molar-refractivity contribution in [3.63, 3.8) is 0 Å². The van der Waals surface area contributed by atoms with Crippen LogP contribution in [0.1, 0.15) is 37.4 Å². The van der Waals surface area contributed by atoms with Crippen molar-refractivity contribution in [1.29, 1.82) is 0 Å². The summed E-state index contributed by atoms with van der Waals surface area (Å²) < 4.78 is 5.35. The number of H-pyrrole nitrogens is 1. The molecule has 4 heterocycles. The van der Waals surface area contributed by atoms with Crippen molar-refractivity contribution in [2.24, 2.45) is 5.92 Å². The minimum atomic E-state index is -0.542. The van der Waals surface area contributed by atoms with Gasteiger partial charge in [-0.15, -0.1) is 0 Å². The molecule has 0 amide bonds. The number of carbonyl (C=O) groups excluding carboxylic acids is 1. The highest BCUT2D eigenvalue weighted by Gasteiger charge is 2.50. The van der Waals surface area contributed by atoms with Crippen LogP contribution in [0.4, 0.5) is 0 Å². The number of nitrogens with one attached hydrogen (secondary N) is 1. The van der Waals surface area contributed by atoms with Gasteiger partial charge in [-0.3, -0.25) is 4.79 Å². The molecule has 1 fully saturated rings. The molecule has 3 aliphatic heterocycles. The van der Waals surface area contributed by atoms with E-state index in [4.69, 9.17) is 4.74 Å². The minimum Gasteiger partial charge on any atom is -0.468 e. The zero-order valence-corrected chi connectivity index (χ0v) is 14.6. The Morgan fingerprint density at radius 3 is 2.75 bits per heavy atom. The molecule has 1 saturated heterocycles. The fourth-order valence-electron chi connectivity index (χ4n) is 5.02. The van der Waals surface area contributed by atoms with E-state index in [1.54, 1.807) is 0 Å². The number of rotatable bonds is 2. The van der Waals surface area contributed by atoms with Crippen LogP contribution in [0.3, 0.4) is 0 Å². The van der Waals surface area contributed by atoms with Gasteiger partial charge < -0.3 is 14.6 Å². The highest BCUT2D eigenvalue weighted by atomic mass is 16.5. The number of ether oxygens (including phenoxy) is 1. The van der Waals surface area contributed by atoms with Crippen LogP contribution in [0.15, 0.2) is 24.3 Å². The number of esters is 1. The number of aromatic nitrogens is 1. The molecule has 24 heavy (non-hydrogen) atoms. The number of para-hydroxylation sites is 1. The molecular weight excluding hydrogens is 300 g/mol. The maximum absolute atomic E-state index is 13.1. The van der Waals surface area contributed by atoms with Crippen LogP contribution in [-0.4, -0.2) is 42.6 Å². The summed E-state index contributed by atoms with van der Waals surface area (Å²) in [5.41, 5.74) is 3.03. The first kappa shape index (κ1) is 15.7. The third kappa shape index (κ3) is 2.12. The third-order valence-electron chi connectivity index (χ3n) is 6.33. The third-order valence-corrected chi connectivity index (χ3v) is 6.33. The Hall–Kier alpha value is -1.81. The largest absolute Gasteiger partial charge is 0.468 e. The van der Waals surface area contributed by atoms with Gasteiger partial charge in [0.05, 0.1) is 7.11 Å². The quantitative estimate of drug-likeness (QED) is 0.862. The van der Waals surface area contributed by atoms with E-state index in [-0.39, 0.29) is 5.97 Å². The molecule has 2 aromatic rings. The fraction of sp³-hybridized carbons (Fsp3) is 0.550. The van der Waals surface area contributed by atoms with Crippen LogP contribution in [0, 0.1) is 5.92 Å². The number of hydrogen-bond donors (Lipinski definition) is 1. The number of piperidine rings is 1. The summed E-state index contributed by atoms with van der Waals surface area (Å²) in [4.78, 5) is 19.2. The molecule has 1 aromatic heterocycles. The first-order valence-electron chi connectivity index (χ1n) is 9.11. The maximum Gasteiger partial charge on any atom is 0.318 e. The lowest BCUT2D eigenvalue weighted by atomic mass is 9.66. The molecule has 0 radical (unpaired) electrons. The van der Waals surface area contributed by atoms with Crippen LogP contribution in [0.2, 0.25) is 0 Å². The summed E-state index contributed by atoms with van der Waals surface area (Å²) in [6.45, 7) is 5.39. The Kier molecular flexibility index (Phi) is 3.87. The Bertz CT molecular complexity index is 758. The van der Waals surface area contributed by atoms with Gasteiger partial charge in [-0.2, -0.15) is 0 Å². The molecule has 1 aromatic carbocycles. The van der Waals surface area contributed by atoms with Crippen molar-refractivity contribution in [3.8, 4) is 0 Å². The number of nitrogens with zero attached hydrogens (tertiary/aromatic N) is 1. The zero-order chi connectivity index (χ0) is 16.7. The predicted octanol–water partition coefficient (Wildman–Crippen LogP) is 3.26. The number of methoxy groups -OCH3 is 1. The zero-order valence-electron chi connectivity index (χ0n) is 14.6. The molecule has 4 nitrogen and oxygen atoms in total. The van der Waals surface area contributed by atoms with Gasteiger partial charge in [-0.25, -0.2) is 0 Å². The van der Waals surface area contributed by atoms with Gasteiger partial charge in [-0.1, -0.05) is 25.1 Å². The Labute approximate surface area is 143 Å². The summed E-state index contributed by atoms with van der Waals surface area (Å²) in [5.74, 6) is 0.272. The van der Waals surface area contributed by atoms with Crippen LogP contribution >= 0.6 is 0 Å². The van der Waals surface area contributed by atoms with Gasteiger partial charge in [-0.05, 0) is 56.3 Å². The van der Waals surface area contributed by atoms with Crippen molar-refractivity contribution in [1.82, 2.24) is 9.88 Å². The van der Waals surface area contributed by atoms with Crippen LogP contribution in [-0.2, 0) is 21.4 Å². The van der Waals surface area contributed by atoms with Gasteiger partial charge >= 0.3 is 5.97 Å². The molecule has 3 aliphatic rings. The predicted molar refractivity (Wildman–Crippen MR) is 95.2 cm³/mol. The van der Waals surface area contributed by atoms with E-state index in [0.717, 1.165) is 56.5 Å². The van der Waals surface area contributed by atoms with E-state index < -0.39 is 5.41 Å². The number of aromatic amines is 1. The lowest BCUT2D eigenvalue weighted by Crippen LogP contribution is -2.48. The second-order valence-corrected chi connectivity index (χ2v) is 7.21. The summed E-state index contributed by atoms with van der Waals surface area (Å²) in [6.07, 6.45) is 3.91. The van der Waals surface area contributed by atoms with Crippen molar-refractivity contribution in [3.05, 3.63) is 35.5 Å². The topological polar surface area (TPSA) is 45.3 Å². The summed E-state index contributed by atoms with van der Waals surface area (Å²) in [6, 6.07) is 8.44. The summed E-state index contributed by atoms with van der Waals surface area (Å²) in [5, 5.41) is 1.26. The van der Waals surface area contributed by atoms with Crippen molar-refractivity contribution in [2.45, 2.75) is 38.0 Å². The SMILES string of the molecule is CCC1(C(=O)OC)c2[nH]c3ccccc3c2CCN2CCC1CC2. The molecule has 4 heteroatoms. The summed E-state index contributed by atoms with van der Waals surface area (Å²) in [7, 11) is 1.53. The molecule has 2 bridgehead atoms. The monoisotopic (exact) mass is 326 g/mol. The second-order valence-electron chi connectivity index (χ2n) is 7.21. The van der Waals surface area contributed by atoms with Crippen molar-refractivity contribution < 1.29 is 9.53 Å². The molecule has 128 valence electrons. The molecule has 0 saturated carbocycles. The van der Waals surface area contributed by atoms with E-state index in [2.05, 4.69) is 41.1 Å².